The lowest BCUT2D eigenvalue weighted by Gasteiger charge is -2.63. The molecule has 55 heavy (non-hydrogen) atoms. The van der Waals surface area contributed by atoms with E-state index in [9.17, 15) is 40.9 Å². The summed E-state index contributed by atoms with van der Waals surface area (Å²) in [4.78, 5) is 0. The number of rotatable bonds is 9. The van der Waals surface area contributed by atoms with E-state index in [2.05, 4.69) is 40.7 Å². The van der Waals surface area contributed by atoms with Gasteiger partial charge in [-0.25, -0.2) is 0 Å². The first-order chi connectivity index (χ1) is 25.9. The summed E-state index contributed by atoms with van der Waals surface area (Å²) in [6.07, 6.45) is -0.782. The fraction of sp³-hybridized carbons (Fsp3) is 0.952. The average molecular weight is 781 g/mol. The van der Waals surface area contributed by atoms with Crippen LogP contribution in [-0.2, 0) is 23.7 Å². The number of ether oxygens (including phenoxy) is 5. The molecule has 3 heterocycles. The van der Waals surface area contributed by atoms with Gasteiger partial charge in [0.2, 0.25) is 0 Å². The predicted octanol–water partition coefficient (Wildman–Crippen LogP) is 1.78. The molecule has 8 N–H and O–H groups in total. The smallest absolute Gasteiger partial charge is 0.187 e. The number of fused-ring (bicyclic) bond motifs is 4. The zero-order chi connectivity index (χ0) is 39.6. The van der Waals surface area contributed by atoms with Crippen LogP contribution < -0.4 is 0 Å². The maximum atomic E-state index is 10.8. The second-order valence-electron chi connectivity index (χ2n) is 20.3. The van der Waals surface area contributed by atoms with Crippen molar-refractivity contribution in [2.24, 2.45) is 50.7 Å². The van der Waals surface area contributed by atoms with Gasteiger partial charge in [-0.3, -0.25) is 0 Å². The maximum absolute atomic E-state index is 10.8. The monoisotopic (exact) mass is 780 g/mol. The van der Waals surface area contributed by atoms with Crippen LogP contribution in [0.2, 0.25) is 0 Å². The molecular weight excluding hydrogens is 712 g/mol. The summed E-state index contributed by atoms with van der Waals surface area (Å²) >= 11 is 0. The van der Waals surface area contributed by atoms with Crippen LogP contribution in [0.5, 0.6) is 0 Å². The highest BCUT2D eigenvalue weighted by Gasteiger charge is 2.83. The van der Waals surface area contributed by atoms with Gasteiger partial charge in [0, 0.05) is 0 Å². The Bertz CT molecular complexity index is 1460. The van der Waals surface area contributed by atoms with Crippen LogP contribution in [0.15, 0.2) is 11.6 Å². The Kier molecular flexibility index (Phi) is 10.6. The van der Waals surface area contributed by atoms with E-state index in [1.807, 2.05) is 6.92 Å². The van der Waals surface area contributed by atoms with Crippen LogP contribution in [0.4, 0.5) is 0 Å². The zero-order valence-electron chi connectivity index (χ0n) is 33.5. The molecule has 314 valence electrons. The molecule has 0 amide bonds. The van der Waals surface area contributed by atoms with E-state index in [1.165, 1.54) is 25.7 Å². The first kappa shape index (κ1) is 41.0. The van der Waals surface area contributed by atoms with Crippen molar-refractivity contribution < 1.29 is 64.5 Å². The van der Waals surface area contributed by atoms with Crippen molar-refractivity contribution in [3.05, 3.63) is 11.6 Å². The van der Waals surface area contributed by atoms with Crippen LogP contribution in [-0.4, -0.2) is 140 Å². The van der Waals surface area contributed by atoms with E-state index in [0.717, 1.165) is 37.7 Å². The molecule has 3 aliphatic heterocycles. The lowest BCUT2D eigenvalue weighted by molar-refractivity contribution is -0.326. The molecule has 5 aliphatic carbocycles. The van der Waals surface area contributed by atoms with E-state index in [-0.39, 0.29) is 46.6 Å². The van der Waals surface area contributed by atoms with Gasteiger partial charge < -0.3 is 64.5 Å². The molecule has 8 fully saturated rings. The predicted molar refractivity (Wildman–Crippen MR) is 197 cm³/mol. The molecule has 5 saturated carbocycles. The van der Waals surface area contributed by atoms with Crippen LogP contribution in [0.3, 0.4) is 0 Å². The van der Waals surface area contributed by atoms with Crippen LogP contribution >= 0.6 is 0 Å². The Labute approximate surface area is 325 Å². The van der Waals surface area contributed by atoms with Crippen LogP contribution in [0.1, 0.15) is 99.3 Å². The number of aliphatic hydroxyl groups is 8. The fourth-order valence-corrected chi connectivity index (χ4v) is 14.7. The molecule has 13 nitrogen and oxygen atoms in total. The summed E-state index contributed by atoms with van der Waals surface area (Å²) in [5, 5.41) is 81.3. The standard InChI is InChI=1S/C42H68O13/c1-20(18-51-36-34(49)32(47)30(45)24(16-43)53-36)7-8-22-21(2)29-23(52-22)15-40(6)27-10-9-26-38(3,4)28(55-37-35(50)33(48)31(46)25(17-44)54-37)11-12-41(26)19-42(27,41)14-13-39(29,40)5/h7,21-37,43-50H,8-19H2,1-6H3/b20-7+/t21-,22-,23+,24-,25-,26+,27+,28+,29+,30-,31-,32+,33+,34-,35-,36-,37+,39-,40+,41-,42+/m1/s1. The van der Waals surface area contributed by atoms with Gasteiger partial charge in [-0.1, -0.05) is 46.3 Å². The minimum Gasteiger partial charge on any atom is -0.394 e. The second-order valence-corrected chi connectivity index (χ2v) is 20.3. The highest BCUT2D eigenvalue weighted by molar-refractivity contribution is 5.32. The Morgan fingerprint density at radius 2 is 1.29 bits per heavy atom. The molecule has 13 heteroatoms. The van der Waals surface area contributed by atoms with E-state index in [0.29, 0.717) is 29.1 Å². The molecule has 8 aliphatic rings. The van der Waals surface area contributed by atoms with Gasteiger partial charge >= 0.3 is 0 Å². The minimum atomic E-state index is -1.47. The summed E-state index contributed by atoms with van der Waals surface area (Å²) in [5.41, 5.74) is 1.70. The second kappa shape index (κ2) is 14.2. The normalized spacial score (nSPS) is 56.9. The summed E-state index contributed by atoms with van der Waals surface area (Å²) < 4.78 is 30.6. The third-order valence-electron chi connectivity index (χ3n) is 17.8. The lowest BCUT2D eigenvalue weighted by Crippen LogP contribution is -2.62. The van der Waals surface area contributed by atoms with Gasteiger partial charge in [-0.05, 0) is 115 Å². The average Bonchev–Trinajstić information content (AvgIpc) is 3.63. The quantitative estimate of drug-likeness (QED) is 0.124. The fourth-order valence-electron chi connectivity index (χ4n) is 14.7. The van der Waals surface area contributed by atoms with Crippen molar-refractivity contribution in [2.75, 3.05) is 19.8 Å². The topological polar surface area (TPSA) is 208 Å². The SMILES string of the molecule is C/C(=C\C[C@H]1O[C@H]2C[C@@]3(C)[C@@H]4CC[C@H]5C(C)(C)[C@@H](O[C@@H]6O[C@H](CO)[C@@H](O)[C@H](O)[C@H]6O)CC[C@@]56C[C@@]46CC[C@]3(C)[C@H]2[C@@H]1C)CO[C@@H]1O[C@H](CO)[C@@H](O)[C@H](O)[C@H]1O. The third kappa shape index (κ3) is 5.87. The largest absolute Gasteiger partial charge is 0.394 e. The molecule has 2 spiro atoms. The van der Waals surface area contributed by atoms with E-state index in [1.54, 1.807) is 0 Å². The summed E-state index contributed by atoms with van der Waals surface area (Å²) in [7, 11) is 0. The molecule has 0 aromatic carbocycles. The Morgan fingerprint density at radius 1 is 0.691 bits per heavy atom. The molecular formula is C42H68O13. The van der Waals surface area contributed by atoms with Crippen molar-refractivity contribution in [2.45, 2.75) is 179 Å². The molecule has 8 rings (SSSR count). The number of hydrogen-bond acceptors (Lipinski definition) is 13. The van der Waals surface area contributed by atoms with Crippen molar-refractivity contribution >= 4 is 0 Å². The Morgan fingerprint density at radius 3 is 1.95 bits per heavy atom. The summed E-state index contributed by atoms with van der Waals surface area (Å²) in [5.74, 6) is 1.97. The minimum absolute atomic E-state index is 0.0947. The highest BCUT2D eigenvalue weighted by atomic mass is 16.7. The summed E-state index contributed by atoms with van der Waals surface area (Å²) in [6.45, 7) is 13.3. The van der Waals surface area contributed by atoms with Crippen molar-refractivity contribution in [3.63, 3.8) is 0 Å². The molecule has 3 saturated heterocycles. The number of hydrogen-bond donors (Lipinski definition) is 8. The zero-order valence-corrected chi connectivity index (χ0v) is 33.5. The van der Waals surface area contributed by atoms with Gasteiger partial charge in [0.1, 0.15) is 48.8 Å². The van der Waals surface area contributed by atoms with Crippen molar-refractivity contribution in [3.8, 4) is 0 Å². The van der Waals surface area contributed by atoms with Gasteiger partial charge in [-0.2, -0.15) is 0 Å². The van der Waals surface area contributed by atoms with Gasteiger partial charge in [0.05, 0.1) is 38.1 Å². The molecule has 0 aromatic heterocycles. The summed E-state index contributed by atoms with van der Waals surface area (Å²) in [6, 6.07) is 0. The van der Waals surface area contributed by atoms with Gasteiger partial charge in [0.25, 0.3) is 0 Å². The maximum Gasteiger partial charge on any atom is 0.187 e. The number of aliphatic hydroxyl groups excluding tert-OH is 8. The van der Waals surface area contributed by atoms with Crippen molar-refractivity contribution in [1.29, 1.82) is 0 Å². The lowest BCUT2D eigenvalue weighted by atomic mass is 9.41. The molecule has 0 bridgehead atoms. The van der Waals surface area contributed by atoms with E-state index in [4.69, 9.17) is 23.7 Å². The highest BCUT2D eigenvalue weighted by Crippen LogP contribution is 2.89. The van der Waals surface area contributed by atoms with Gasteiger partial charge in [0.15, 0.2) is 12.6 Å². The third-order valence-corrected chi connectivity index (χ3v) is 17.8. The molecule has 21 atom stereocenters. The molecule has 0 unspecified atom stereocenters. The van der Waals surface area contributed by atoms with E-state index >= 15 is 0 Å². The Balaban J connectivity index is 0.911. The van der Waals surface area contributed by atoms with E-state index < -0.39 is 74.6 Å². The van der Waals surface area contributed by atoms with Gasteiger partial charge in [-0.15, -0.1) is 0 Å². The first-order valence-electron chi connectivity index (χ1n) is 21.1. The van der Waals surface area contributed by atoms with Crippen LogP contribution in [0, 0.1) is 50.7 Å². The molecule has 0 radical (unpaired) electrons. The van der Waals surface area contributed by atoms with Crippen LogP contribution in [0.25, 0.3) is 0 Å². The van der Waals surface area contributed by atoms with Crippen molar-refractivity contribution in [1.82, 2.24) is 0 Å². The first-order valence-corrected chi connectivity index (χ1v) is 21.1. The Hall–Kier alpha value is -0.780. The molecule has 0 aromatic rings.